The molecule has 27 heavy (non-hydrogen) atoms. The molecule has 0 aliphatic carbocycles. The summed E-state index contributed by atoms with van der Waals surface area (Å²) in [6, 6.07) is 16.1. The average molecular weight is 392 g/mol. The Kier molecular flexibility index (Phi) is 6.29. The second kappa shape index (κ2) is 8.50. The monoisotopic (exact) mass is 392 g/mol. The molecule has 6 nitrogen and oxygen atoms in total. The minimum absolute atomic E-state index is 0.1000. The lowest BCUT2D eigenvalue weighted by molar-refractivity contribution is -0.163. The number of rotatable bonds is 7. The van der Waals surface area contributed by atoms with E-state index >= 15 is 0 Å². The molecule has 1 heterocycles. The van der Waals surface area contributed by atoms with Gasteiger partial charge in [0.2, 0.25) is 0 Å². The molecule has 0 amide bonds. The SMILES string of the molecule is COC1OC(C)C(OS(=O)(=O)c2ccc(C)cc2)C1OCc1ccccc1. The van der Waals surface area contributed by atoms with Crippen LogP contribution in [0.3, 0.4) is 0 Å². The van der Waals surface area contributed by atoms with E-state index in [4.69, 9.17) is 18.4 Å². The Morgan fingerprint density at radius 2 is 1.67 bits per heavy atom. The molecule has 1 saturated heterocycles. The molecule has 4 unspecified atom stereocenters. The molecule has 7 heteroatoms. The molecule has 1 aliphatic heterocycles. The third kappa shape index (κ3) is 4.75. The lowest BCUT2D eigenvalue weighted by Crippen LogP contribution is -2.39. The van der Waals surface area contributed by atoms with Crippen molar-refractivity contribution in [2.75, 3.05) is 7.11 Å². The lowest BCUT2D eigenvalue weighted by atomic mass is 10.1. The molecule has 146 valence electrons. The number of ether oxygens (including phenoxy) is 3. The highest BCUT2D eigenvalue weighted by Gasteiger charge is 2.47. The first-order chi connectivity index (χ1) is 12.9. The summed E-state index contributed by atoms with van der Waals surface area (Å²) >= 11 is 0. The summed E-state index contributed by atoms with van der Waals surface area (Å²) in [5.41, 5.74) is 1.93. The fraction of sp³-hybridized carbons (Fsp3) is 0.400. The van der Waals surface area contributed by atoms with Gasteiger partial charge in [-0.2, -0.15) is 8.42 Å². The zero-order valence-electron chi connectivity index (χ0n) is 15.6. The van der Waals surface area contributed by atoms with Crippen LogP contribution in [0.2, 0.25) is 0 Å². The quantitative estimate of drug-likeness (QED) is 0.675. The molecule has 2 aromatic carbocycles. The van der Waals surface area contributed by atoms with Crippen LogP contribution in [-0.4, -0.2) is 40.1 Å². The number of hydrogen-bond acceptors (Lipinski definition) is 6. The summed E-state index contributed by atoms with van der Waals surface area (Å²) in [5, 5.41) is 0. The van der Waals surface area contributed by atoms with Crippen LogP contribution in [0, 0.1) is 6.92 Å². The fourth-order valence-electron chi connectivity index (χ4n) is 2.96. The Balaban J connectivity index is 1.77. The second-order valence-corrected chi connectivity index (χ2v) is 8.11. The standard InChI is InChI=1S/C20H24O6S/c1-14-9-11-17(12-10-14)27(21,22)26-18-15(2)25-20(23-3)19(18)24-13-16-7-5-4-6-8-16/h4-12,15,18-20H,13H2,1-3H3. The average Bonchev–Trinajstić information content (AvgIpc) is 2.95. The molecule has 2 aromatic rings. The summed E-state index contributed by atoms with van der Waals surface area (Å²) in [5.74, 6) is 0. The van der Waals surface area contributed by atoms with E-state index in [1.165, 1.54) is 19.2 Å². The summed E-state index contributed by atoms with van der Waals surface area (Å²) in [6.45, 7) is 3.93. The van der Waals surface area contributed by atoms with E-state index in [-0.39, 0.29) is 4.90 Å². The predicted molar refractivity (Wildman–Crippen MR) is 99.6 cm³/mol. The Morgan fingerprint density at radius 3 is 2.30 bits per heavy atom. The van der Waals surface area contributed by atoms with Gasteiger partial charge < -0.3 is 14.2 Å². The Bertz CT molecular complexity index is 835. The van der Waals surface area contributed by atoms with E-state index in [0.29, 0.717) is 6.61 Å². The van der Waals surface area contributed by atoms with Crippen molar-refractivity contribution >= 4 is 10.1 Å². The van der Waals surface area contributed by atoms with E-state index in [1.807, 2.05) is 37.3 Å². The largest absolute Gasteiger partial charge is 0.365 e. The van der Waals surface area contributed by atoms with Crippen LogP contribution in [-0.2, 0) is 35.1 Å². The number of methoxy groups -OCH3 is 1. The maximum atomic E-state index is 12.7. The van der Waals surface area contributed by atoms with Gasteiger partial charge in [0, 0.05) is 7.11 Å². The molecule has 1 fully saturated rings. The summed E-state index contributed by atoms with van der Waals surface area (Å²) in [6.07, 6.45) is -2.70. The number of benzene rings is 2. The molecular formula is C20H24O6S. The highest BCUT2D eigenvalue weighted by Crippen LogP contribution is 2.30. The van der Waals surface area contributed by atoms with Gasteiger partial charge in [-0.05, 0) is 31.5 Å². The molecule has 3 rings (SSSR count). The van der Waals surface area contributed by atoms with Gasteiger partial charge in [-0.15, -0.1) is 0 Å². The van der Waals surface area contributed by atoms with Crippen LogP contribution >= 0.6 is 0 Å². The zero-order valence-corrected chi connectivity index (χ0v) is 16.4. The second-order valence-electron chi connectivity index (χ2n) is 6.53. The van der Waals surface area contributed by atoms with Gasteiger partial charge in [-0.25, -0.2) is 0 Å². The van der Waals surface area contributed by atoms with Crippen molar-refractivity contribution in [2.24, 2.45) is 0 Å². The Labute approximate surface area is 160 Å². The Hall–Kier alpha value is -1.77. The van der Waals surface area contributed by atoms with Gasteiger partial charge in [-0.3, -0.25) is 4.18 Å². The summed E-state index contributed by atoms with van der Waals surface area (Å²) < 4.78 is 47.8. The first-order valence-electron chi connectivity index (χ1n) is 8.74. The van der Waals surface area contributed by atoms with Crippen molar-refractivity contribution in [1.82, 2.24) is 0 Å². The van der Waals surface area contributed by atoms with Crippen LogP contribution in [0.1, 0.15) is 18.1 Å². The maximum Gasteiger partial charge on any atom is 0.297 e. The van der Waals surface area contributed by atoms with Crippen molar-refractivity contribution in [3.8, 4) is 0 Å². The van der Waals surface area contributed by atoms with Crippen LogP contribution in [0.5, 0.6) is 0 Å². The van der Waals surface area contributed by atoms with Crippen molar-refractivity contribution in [2.45, 2.75) is 50.0 Å². The number of hydrogen-bond donors (Lipinski definition) is 0. The fourth-order valence-corrected chi connectivity index (χ4v) is 4.10. The predicted octanol–water partition coefficient (Wildman–Crippen LogP) is 3.05. The van der Waals surface area contributed by atoms with Gasteiger partial charge in [0.15, 0.2) is 6.29 Å². The summed E-state index contributed by atoms with van der Waals surface area (Å²) in [4.78, 5) is 0.1000. The minimum Gasteiger partial charge on any atom is -0.365 e. The molecule has 0 aromatic heterocycles. The van der Waals surface area contributed by atoms with Crippen LogP contribution in [0.15, 0.2) is 59.5 Å². The first kappa shape index (κ1) is 20.0. The van der Waals surface area contributed by atoms with Crippen LogP contribution in [0.4, 0.5) is 0 Å². The van der Waals surface area contributed by atoms with Crippen molar-refractivity contribution in [3.05, 3.63) is 65.7 Å². The van der Waals surface area contributed by atoms with Crippen molar-refractivity contribution in [1.29, 1.82) is 0 Å². The normalized spacial score (nSPS) is 25.6. The van der Waals surface area contributed by atoms with E-state index in [1.54, 1.807) is 19.1 Å². The molecule has 4 atom stereocenters. The number of aryl methyl sites for hydroxylation is 1. The van der Waals surface area contributed by atoms with E-state index < -0.39 is 34.7 Å². The molecule has 0 saturated carbocycles. The molecule has 0 N–H and O–H groups in total. The van der Waals surface area contributed by atoms with Gasteiger partial charge in [0.25, 0.3) is 10.1 Å². The third-order valence-electron chi connectivity index (χ3n) is 4.47. The molecule has 0 bridgehead atoms. The lowest BCUT2D eigenvalue weighted by Gasteiger charge is -2.23. The topological polar surface area (TPSA) is 71.1 Å². The van der Waals surface area contributed by atoms with E-state index in [9.17, 15) is 8.42 Å². The first-order valence-corrected chi connectivity index (χ1v) is 10.2. The third-order valence-corrected chi connectivity index (χ3v) is 5.79. The Morgan fingerprint density at radius 1 is 1.00 bits per heavy atom. The van der Waals surface area contributed by atoms with Gasteiger partial charge in [-0.1, -0.05) is 48.0 Å². The van der Waals surface area contributed by atoms with Gasteiger partial charge in [0.05, 0.1) is 17.6 Å². The van der Waals surface area contributed by atoms with Gasteiger partial charge in [0.1, 0.15) is 12.2 Å². The molecule has 0 spiro atoms. The zero-order chi connectivity index (χ0) is 19.4. The van der Waals surface area contributed by atoms with Crippen molar-refractivity contribution in [3.63, 3.8) is 0 Å². The van der Waals surface area contributed by atoms with Crippen LogP contribution in [0.25, 0.3) is 0 Å². The van der Waals surface area contributed by atoms with Gasteiger partial charge >= 0.3 is 0 Å². The van der Waals surface area contributed by atoms with E-state index in [2.05, 4.69) is 0 Å². The maximum absolute atomic E-state index is 12.7. The molecular weight excluding hydrogens is 368 g/mol. The summed E-state index contributed by atoms with van der Waals surface area (Å²) in [7, 11) is -2.46. The highest BCUT2D eigenvalue weighted by atomic mass is 32.2. The smallest absolute Gasteiger partial charge is 0.297 e. The van der Waals surface area contributed by atoms with Crippen molar-refractivity contribution < 1.29 is 26.8 Å². The van der Waals surface area contributed by atoms with Crippen LogP contribution < -0.4 is 0 Å². The van der Waals surface area contributed by atoms with E-state index in [0.717, 1.165) is 11.1 Å². The minimum atomic E-state index is -3.96. The highest BCUT2D eigenvalue weighted by molar-refractivity contribution is 7.86. The molecule has 0 radical (unpaired) electrons. The molecule has 1 aliphatic rings.